The Morgan fingerprint density at radius 3 is 2.62 bits per heavy atom. The summed E-state index contributed by atoms with van der Waals surface area (Å²) < 4.78 is 0. The first-order valence-corrected chi connectivity index (χ1v) is 8.15. The molecule has 1 aromatic carbocycles. The van der Waals surface area contributed by atoms with E-state index in [0.29, 0.717) is 5.25 Å². The van der Waals surface area contributed by atoms with Crippen LogP contribution in [-0.2, 0) is 0 Å². The SMILES string of the molecule is Cc1ccc(NC(=O)N(C2=NC[C@@H](C)S2)C(C)C)cc1C. The molecule has 114 valence electrons. The van der Waals surface area contributed by atoms with E-state index in [2.05, 4.69) is 24.2 Å². The summed E-state index contributed by atoms with van der Waals surface area (Å²) in [6, 6.07) is 5.92. The maximum Gasteiger partial charge on any atom is 0.328 e. The summed E-state index contributed by atoms with van der Waals surface area (Å²) >= 11 is 1.66. The van der Waals surface area contributed by atoms with Crippen LogP contribution >= 0.6 is 11.8 Å². The highest BCUT2D eigenvalue weighted by atomic mass is 32.2. The molecule has 0 bridgehead atoms. The molecule has 1 aliphatic heterocycles. The monoisotopic (exact) mass is 305 g/mol. The number of carbonyl (C=O) groups is 1. The first-order chi connectivity index (χ1) is 9.88. The van der Waals surface area contributed by atoms with E-state index in [1.165, 1.54) is 11.1 Å². The minimum atomic E-state index is -0.117. The number of aryl methyl sites for hydroxylation is 2. The van der Waals surface area contributed by atoms with Gasteiger partial charge in [0, 0.05) is 17.0 Å². The van der Waals surface area contributed by atoms with Gasteiger partial charge >= 0.3 is 6.03 Å². The quantitative estimate of drug-likeness (QED) is 0.896. The van der Waals surface area contributed by atoms with Crippen molar-refractivity contribution in [3.05, 3.63) is 29.3 Å². The van der Waals surface area contributed by atoms with Gasteiger partial charge in [-0.05, 0) is 51.0 Å². The molecule has 4 nitrogen and oxygen atoms in total. The number of amidine groups is 1. The lowest BCUT2D eigenvalue weighted by Crippen LogP contribution is -2.42. The molecule has 0 aliphatic carbocycles. The normalized spacial score (nSPS) is 17.8. The molecule has 0 saturated heterocycles. The van der Waals surface area contributed by atoms with Crippen LogP contribution in [0, 0.1) is 13.8 Å². The largest absolute Gasteiger partial charge is 0.328 e. The van der Waals surface area contributed by atoms with Gasteiger partial charge in [-0.3, -0.25) is 9.89 Å². The van der Waals surface area contributed by atoms with Crippen LogP contribution in [0.3, 0.4) is 0 Å². The van der Waals surface area contributed by atoms with Gasteiger partial charge in [0.05, 0.1) is 6.54 Å². The Kier molecular flexibility index (Phi) is 4.93. The average Bonchev–Trinajstić information content (AvgIpc) is 2.80. The van der Waals surface area contributed by atoms with Crippen LogP contribution in [0.25, 0.3) is 0 Å². The van der Waals surface area contributed by atoms with Gasteiger partial charge in [0.15, 0.2) is 5.17 Å². The molecule has 0 aromatic heterocycles. The van der Waals surface area contributed by atoms with Crippen molar-refractivity contribution in [2.45, 2.75) is 45.9 Å². The van der Waals surface area contributed by atoms with Crippen molar-refractivity contribution in [3.8, 4) is 0 Å². The topological polar surface area (TPSA) is 44.7 Å². The fourth-order valence-electron chi connectivity index (χ4n) is 2.14. The molecule has 1 heterocycles. The van der Waals surface area contributed by atoms with Crippen molar-refractivity contribution >= 4 is 28.6 Å². The van der Waals surface area contributed by atoms with Crippen LogP contribution < -0.4 is 5.32 Å². The van der Waals surface area contributed by atoms with Gasteiger partial charge in [0.25, 0.3) is 0 Å². The first-order valence-electron chi connectivity index (χ1n) is 7.27. The van der Waals surface area contributed by atoms with Crippen LogP contribution in [0.2, 0.25) is 0 Å². The molecular formula is C16H23N3OS. The van der Waals surface area contributed by atoms with E-state index >= 15 is 0 Å². The summed E-state index contributed by atoms with van der Waals surface area (Å²) in [6.07, 6.45) is 0. The van der Waals surface area contributed by atoms with Crippen molar-refractivity contribution in [3.63, 3.8) is 0 Å². The number of amides is 2. The second kappa shape index (κ2) is 6.52. The number of carbonyl (C=O) groups excluding carboxylic acids is 1. The molecular weight excluding hydrogens is 282 g/mol. The van der Waals surface area contributed by atoms with Gasteiger partial charge < -0.3 is 5.32 Å². The highest BCUT2D eigenvalue weighted by Crippen LogP contribution is 2.25. The minimum absolute atomic E-state index is 0.0769. The Morgan fingerprint density at radius 1 is 1.38 bits per heavy atom. The van der Waals surface area contributed by atoms with Crippen LogP contribution in [0.4, 0.5) is 10.5 Å². The van der Waals surface area contributed by atoms with Crippen LogP contribution in [-0.4, -0.2) is 33.9 Å². The predicted molar refractivity (Wildman–Crippen MR) is 91.3 cm³/mol. The van der Waals surface area contributed by atoms with Crippen molar-refractivity contribution in [1.29, 1.82) is 0 Å². The third-order valence-electron chi connectivity index (χ3n) is 3.49. The van der Waals surface area contributed by atoms with Gasteiger partial charge in [-0.25, -0.2) is 4.79 Å². The zero-order valence-electron chi connectivity index (χ0n) is 13.3. The van der Waals surface area contributed by atoms with Crippen molar-refractivity contribution in [2.24, 2.45) is 4.99 Å². The molecule has 2 rings (SSSR count). The van der Waals surface area contributed by atoms with E-state index in [1.807, 2.05) is 39.0 Å². The smallest absolute Gasteiger partial charge is 0.307 e. The zero-order chi connectivity index (χ0) is 15.6. The summed E-state index contributed by atoms with van der Waals surface area (Å²) in [4.78, 5) is 18.8. The molecule has 21 heavy (non-hydrogen) atoms. The second-order valence-electron chi connectivity index (χ2n) is 5.74. The van der Waals surface area contributed by atoms with Gasteiger partial charge in [-0.2, -0.15) is 0 Å². The maximum atomic E-state index is 12.6. The van der Waals surface area contributed by atoms with E-state index in [1.54, 1.807) is 16.7 Å². The molecule has 0 saturated carbocycles. The molecule has 0 unspecified atom stereocenters. The number of anilines is 1. The molecule has 5 heteroatoms. The second-order valence-corrected chi connectivity index (χ2v) is 7.15. The average molecular weight is 305 g/mol. The number of urea groups is 1. The number of rotatable bonds is 2. The number of aliphatic imine (C=N–C) groups is 1. The number of hydrogen-bond donors (Lipinski definition) is 1. The van der Waals surface area contributed by atoms with Crippen LogP contribution in [0.15, 0.2) is 23.2 Å². The fraction of sp³-hybridized carbons (Fsp3) is 0.500. The van der Waals surface area contributed by atoms with Crippen molar-refractivity contribution < 1.29 is 4.79 Å². The highest BCUT2D eigenvalue weighted by Gasteiger charge is 2.27. The molecule has 0 spiro atoms. The van der Waals surface area contributed by atoms with E-state index in [-0.39, 0.29) is 12.1 Å². The highest BCUT2D eigenvalue weighted by molar-refractivity contribution is 8.14. The molecule has 1 N–H and O–H groups in total. The summed E-state index contributed by atoms with van der Waals surface area (Å²) in [7, 11) is 0. The Bertz CT molecular complexity index is 569. The van der Waals surface area contributed by atoms with Gasteiger partial charge in [-0.15, -0.1) is 0 Å². The van der Waals surface area contributed by atoms with E-state index in [4.69, 9.17) is 0 Å². The van der Waals surface area contributed by atoms with Gasteiger partial charge in [0.2, 0.25) is 0 Å². The summed E-state index contributed by atoms with van der Waals surface area (Å²) in [6.45, 7) is 11.0. The first kappa shape index (κ1) is 15.9. The number of nitrogens with one attached hydrogen (secondary N) is 1. The van der Waals surface area contributed by atoms with Crippen molar-refractivity contribution in [2.75, 3.05) is 11.9 Å². The van der Waals surface area contributed by atoms with E-state index < -0.39 is 0 Å². The lowest BCUT2D eigenvalue weighted by molar-refractivity contribution is 0.227. The van der Waals surface area contributed by atoms with E-state index in [9.17, 15) is 4.79 Å². The molecule has 0 radical (unpaired) electrons. The van der Waals surface area contributed by atoms with E-state index in [0.717, 1.165) is 17.4 Å². The summed E-state index contributed by atoms with van der Waals surface area (Å²) in [5, 5.41) is 4.23. The Labute approximate surface area is 131 Å². The number of nitrogens with zero attached hydrogens (tertiary/aromatic N) is 2. The summed E-state index contributed by atoms with van der Waals surface area (Å²) in [5.74, 6) is 0. The molecule has 2 amide bonds. The minimum Gasteiger partial charge on any atom is -0.307 e. The Balaban J connectivity index is 2.14. The predicted octanol–water partition coefficient (Wildman–Crippen LogP) is 4.04. The Morgan fingerprint density at radius 2 is 2.10 bits per heavy atom. The lowest BCUT2D eigenvalue weighted by Gasteiger charge is -2.26. The summed E-state index contributed by atoms with van der Waals surface area (Å²) in [5.41, 5.74) is 3.22. The number of thioether (sulfide) groups is 1. The Hall–Kier alpha value is -1.49. The zero-order valence-corrected chi connectivity index (χ0v) is 14.1. The number of hydrogen-bond acceptors (Lipinski definition) is 3. The number of benzene rings is 1. The maximum absolute atomic E-state index is 12.6. The standard InChI is InChI=1S/C16H23N3OS/c1-10(2)19(16-17-9-13(5)21-16)15(20)18-14-7-6-11(3)12(4)8-14/h6-8,10,13H,9H2,1-5H3,(H,18,20)/t13-/m1/s1. The third-order valence-corrected chi connectivity index (χ3v) is 4.58. The third kappa shape index (κ3) is 3.79. The molecule has 1 aliphatic rings. The molecule has 1 atom stereocenters. The van der Waals surface area contributed by atoms with Crippen LogP contribution in [0.1, 0.15) is 31.9 Å². The van der Waals surface area contributed by atoms with Crippen LogP contribution in [0.5, 0.6) is 0 Å². The van der Waals surface area contributed by atoms with Crippen molar-refractivity contribution in [1.82, 2.24) is 4.90 Å². The fourth-order valence-corrected chi connectivity index (χ4v) is 3.20. The lowest BCUT2D eigenvalue weighted by atomic mass is 10.1. The molecule has 1 aromatic rings. The molecule has 0 fully saturated rings. The van der Waals surface area contributed by atoms with Gasteiger partial charge in [-0.1, -0.05) is 24.8 Å². The van der Waals surface area contributed by atoms with Gasteiger partial charge in [0.1, 0.15) is 0 Å².